The summed E-state index contributed by atoms with van der Waals surface area (Å²) in [6, 6.07) is 13.6. The van der Waals surface area contributed by atoms with Crippen molar-refractivity contribution in [1.29, 1.82) is 0 Å². The number of nitrogens with one attached hydrogen (secondary N) is 2. The number of hydrogen-bond donors (Lipinski definition) is 2. The van der Waals surface area contributed by atoms with E-state index in [0.717, 1.165) is 21.4 Å². The van der Waals surface area contributed by atoms with Crippen LogP contribution >= 0.6 is 0 Å². The third-order valence-electron chi connectivity index (χ3n) is 5.55. The highest BCUT2D eigenvalue weighted by Gasteiger charge is 2.49. The molecule has 0 saturated carbocycles. The van der Waals surface area contributed by atoms with Gasteiger partial charge in [-0.3, -0.25) is 14.5 Å². The number of imide groups is 1. The normalized spacial score (nSPS) is 19.4. The molecule has 0 aliphatic carbocycles. The van der Waals surface area contributed by atoms with Crippen molar-refractivity contribution in [2.45, 2.75) is 25.4 Å². The van der Waals surface area contributed by atoms with Crippen molar-refractivity contribution in [1.82, 2.24) is 15.5 Å². The number of methoxy groups -OCH3 is 1. The summed E-state index contributed by atoms with van der Waals surface area (Å²) in [5.41, 5.74) is -0.631. The van der Waals surface area contributed by atoms with E-state index in [4.69, 9.17) is 9.15 Å². The van der Waals surface area contributed by atoms with Crippen LogP contribution < -0.4 is 15.4 Å². The third kappa shape index (κ3) is 3.72. The zero-order valence-corrected chi connectivity index (χ0v) is 17.5. The van der Waals surface area contributed by atoms with Crippen molar-refractivity contribution < 1.29 is 23.5 Å². The van der Waals surface area contributed by atoms with Gasteiger partial charge in [-0.15, -0.1) is 0 Å². The average molecular weight is 421 g/mol. The van der Waals surface area contributed by atoms with Gasteiger partial charge in [0.2, 0.25) is 5.91 Å². The smallest absolute Gasteiger partial charge is 0.325 e. The molecule has 3 aromatic rings. The molecule has 0 bridgehead atoms. The Bertz CT molecular complexity index is 1160. The average Bonchev–Trinajstić information content (AvgIpc) is 3.37. The highest BCUT2D eigenvalue weighted by molar-refractivity contribution is 6.09. The van der Waals surface area contributed by atoms with Gasteiger partial charge in [0.25, 0.3) is 5.91 Å². The number of benzene rings is 2. The van der Waals surface area contributed by atoms with Crippen LogP contribution in [0.2, 0.25) is 0 Å². The summed E-state index contributed by atoms with van der Waals surface area (Å²) in [5.74, 6) is 0.384. The first-order valence-corrected chi connectivity index (χ1v) is 9.87. The molecule has 2 heterocycles. The Morgan fingerprint density at radius 1 is 1.19 bits per heavy atom. The van der Waals surface area contributed by atoms with Crippen LogP contribution in [0, 0.1) is 0 Å². The summed E-state index contributed by atoms with van der Waals surface area (Å²) >= 11 is 0. The highest BCUT2D eigenvalue weighted by atomic mass is 16.5. The fraction of sp³-hybridized carbons (Fsp3) is 0.261. The predicted molar refractivity (Wildman–Crippen MR) is 113 cm³/mol. The largest absolute Gasteiger partial charge is 0.497 e. The highest BCUT2D eigenvalue weighted by Crippen LogP contribution is 2.32. The van der Waals surface area contributed by atoms with Gasteiger partial charge in [0.05, 0.1) is 19.4 Å². The van der Waals surface area contributed by atoms with Gasteiger partial charge in [-0.05, 0) is 60.5 Å². The minimum absolute atomic E-state index is 0.379. The summed E-state index contributed by atoms with van der Waals surface area (Å²) in [7, 11) is 1.60. The maximum Gasteiger partial charge on any atom is 0.325 e. The molecule has 1 aliphatic heterocycles. The summed E-state index contributed by atoms with van der Waals surface area (Å²) in [5, 5.41) is 7.33. The van der Waals surface area contributed by atoms with Crippen molar-refractivity contribution in [3.63, 3.8) is 0 Å². The minimum Gasteiger partial charge on any atom is -0.497 e. The van der Waals surface area contributed by atoms with E-state index in [1.807, 2.05) is 30.3 Å². The number of ether oxygens (including phenoxy) is 1. The van der Waals surface area contributed by atoms with Gasteiger partial charge in [-0.2, -0.15) is 0 Å². The fourth-order valence-electron chi connectivity index (χ4n) is 3.74. The molecule has 2 aromatic carbocycles. The second-order valence-corrected chi connectivity index (χ2v) is 7.68. The van der Waals surface area contributed by atoms with Crippen molar-refractivity contribution in [3.05, 3.63) is 66.1 Å². The Morgan fingerprint density at radius 3 is 2.65 bits per heavy atom. The number of hydrogen-bond acceptors (Lipinski definition) is 5. The molecule has 1 aliphatic rings. The molecule has 4 amide bonds. The molecule has 0 unspecified atom stereocenters. The van der Waals surface area contributed by atoms with E-state index < -0.39 is 23.4 Å². The van der Waals surface area contributed by atoms with Gasteiger partial charge in [-0.25, -0.2) is 4.79 Å². The lowest BCUT2D eigenvalue weighted by Crippen LogP contribution is -2.43. The molecule has 2 atom stereocenters. The summed E-state index contributed by atoms with van der Waals surface area (Å²) < 4.78 is 10.5. The molecular formula is C23H23N3O5. The van der Waals surface area contributed by atoms with E-state index >= 15 is 0 Å². The van der Waals surface area contributed by atoms with Gasteiger partial charge in [0.15, 0.2) is 0 Å². The van der Waals surface area contributed by atoms with Gasteiger partial charge in [0, 0.05) is 0 Å². The van der Waals surface area contributed by atoms with Crippen LogP contribution in [0.5, 0.6) is 5.75 Å². The summed E-state index contributed by atoms with van der Waals surface area (Å²) in [4.78, 5) is 39.1. The number of carbonyl (C=O) groups is 3. The number of furan rings is 1. The summed E-state index contributed by atoms with van der Waals surface area (Å²) in [6.07, 6.45) is 1.51. The van der Waals surface area contributed by atoms with Crippen LogP contribution in [0.4, 0.5) is 4.79 Å². The Hall–Kier alpha value is -3.81. The Labute approximate surface area is 179 Å². The zero-order chi connectivity index (χ0) is 22.2. The quantitative estimate of drug-likeness (QED) is 0.596. The SMILES string of the molecule is COc1ccc2cc([C@]3(C)NC(=O)N(CC(=O)N[C@@H](C)c4ccco4)C3=O)ccc2c1. The van der Waals surface area contributed by atoms with E-state index in [2.05, 4.69) is 10.6 Å². The van der Waals surface area contributed by atoms with Crippen LogP contribution in [0.3, 0.4) is 0 Å². The molecule has 2 N–H and O–H groups in total. The van der Waals surface area contributed by atoms with E-state index in [0.29, 0.717) is 11.3 Å². The van der Waals surface area contributed by atoms with Gasteiger partial charge < -0.3 is 19.8 Å². The number of rotatable bonds is 6. The van der Waals surface area contributed by atoms with Crippen LogP contribution in [0.25, 0.3) is 10.8 Å². The van der Waals surface area contributed by atoms with Crippen molar-refractivity contribution in [3.8, 4) is 5.75 Å². The standard InChI is InChI=1S/C23H23N3O5/c1-14(19-5-4-10-31-19)24-20(27)13-26-21(28)23(2,25-22(26)29)17-8-6-16-12-18(30-3)9-7-15(16)11-17/h4-12,14H,13H2,1-3H3,(H,24,27)(H,25,29)/t14-,23-/m0/s1. The molecular weight excluding hydrogens is 398 g/mol. The lowest BCUT2D eigenvalue weighted by atomic mass is 9.90. The fourth-order valence-corrected chi connectivity index (χ4v) is 3.74. The first-order chi connectivity index (χ1) is 14.8. The molecule has 4 rings (SSSR count). The van der Waals surface area contributed by atoms with Crippen LogP contribution in [0.15, 0.2) is 59.2 Å². The molecule has 1 fully saturated rings. The monoisotopic (exact) mass is 421 g/mol. The minimum atomic E-state index is -1.27. The maximum atomic E-state index is 13.1. The molecule has 31 heavy (non-hydrogen) atoms. The van der Waals surface area contributed by atoms with E-state index in [1.165, 1.54) is 6.26 Å². The molecule has 160 valence electrons. The molecule has 8 nitrogen and oxygen atoms in total. The Kier molecular flexibility index (Phi) is 5.14. The maximum absolute atomic E-state index is 13.1. The Morgan fingerprint density at radius 2 is 1.94 bits per heavy atom. The molecule has 1 saturated heterocycles. The van der Waals surface area contributed by atoms with Gasteiger partial charge in [-0.1, -0.05) is 18.2 Å². The lowest BCUT2D eigenvalue weighted by molar-refractivity contribution is -0.135. The van der Waals surface area contributed by atoms with Crippen LogP contribution in [0.1, 0.15) is 31.2 Å². The predicted octanol–water partition coefficient (Wildman–Crippen LogP) is 3.09. The number of urea groups is 1. The number of nitrogens with zero attached hydrogens (tertiary/aromatic N) is 1. The lowest BCUT2D eigenvalue weighted by Gasteiger charge is -2.23. The van der Waals surface area contributed by atoms with Crippen molar-refractivity contribution in [2.24, 2.45) is 0 Å². The zero-order valence-electron chi connectivity index (χ0n) is 17.5. The number of carbonyl (C=O) groups excluding carboxylic acids is 3. The summed E-state index contributed by atoms with van der Waals surface area (Å²) in [6.45, 7) is 3.02. The second-order valence-electron chi connectivity index (χ2n) is 7.68. The first-order valence-electron chi connectivity index (χ1n) is 9.87. The van der Waals surface area contributed by atoms with Crippen molar-refractivity contribution in [2.75, 3.05) is 13.7 Å². The number of fused-ring (bicyclic) bond motifs is 1. The van der Waals surface area contributed by atoms with E-state index in [9.17, 15) is 14.4 Å². The van der Waals surface area contributed by atoms with Gasteiger partial charge >= 0.3 is 6.03 Å². The Balaban J connectivity index is 1.52. The molecule has 1 aromatic heterocycles. The molecule has 0 radical (unpaired) electrons. The second kappa shape index (κ2) is 7.79. The van der Waals surface area contributed by atoms with Crippen LogP contribution in [-0.4, -0.2) is 36.4 Å². The van der Waals surface area contributed by atoms with E-state index in [-0.39, 0.29) is 12.6 Å². The topological polar surface area (TPSA) is 101 Å². The third-order valence-corrected chi connectivity index (χ3v) is 5.55. The first kappa shape index (κ1) is 20.5. The molecule has 8 heteroatoms. The van der Waals surface area contributed by atoms with Crippen molar-refractivity contribution >= 4 is 28.6 Å². The van der Waals surface area contributed by atoms with E-state index in [1.54, 1.807) is 39.2 Å². The van der Waals surface area contributed by atoms with Gasteiger partial charge in [0.1, 0.15) is 23.6 Å². The van der Waals surface area contributed by atoms with Crippen LogP contribution in [-0.2, 0) is 15.1 Å². The number of amides is 4. The molecule has 0 spiro atoms.